The van der Waals surface area contributed by atoms with Crippen LogP contribution >= 0.6 is 0 Å². The van der Waals surface area contributed by atoms with E-state index in [0.29, 0.717) is 17.7 Å². The van der Waals surface area contributed by atoms with Crippen LogP contribution in [-0.4, -0.2) is 10.1 Å². The fraction of sp³-hybridized carbons (Fsp3) is 0.0588. The zero-order chi connectivity index (χ0) is 14.7. The molecule has 0 unspecified atom stereocenters. The minimum Gasteiger partial charge on any atom is -0.507 e. The Morgan fingerprint density at radius 2 is 1.90 bits per heavy atom. The SMILES string of the molecule is O=c1oc(-c2cccnc2)cc(O)c1Cc1ccccc1. The average Bonchev–Trinajstić information content (AvgIpc) is 2.52. The van der Waals surface area contributed by atoms with Crippen molar-refractivity contribution < 1.29 is 9.52 Å². The largest absolute Gasteiger partial charge is 0.507 e. The Hall–Kier alpha value is -2.88. The summed E-state index contributed by atoms with van der Waals surface area (Å²) >= 11 is 0. The lowest BCUT2D eigenvalue weighted by atomic mass is 10.1. The van der Waals surface area contributed by atoms with Gasteiger partial charge in [-0.3, -0.25) is 4.98 Å². The first kappa shape index (κ1) is 13.1. The molecule has 21 heavy (non-hydrogen) atoms. The van der Waals surface area contributed by atoms with Crippen molar-refractivity contribution in [2.45, 2.75) is 6.42 Å². The number of aromatic nitrogens is 1. The molecule has 0 aliphatic rings. The quantitative estimate of drug-likeness (QED) is 0.800. The summed E-state index contributed by atoms with van der Waals surface area (Å²) in [5.74, 6) is 0.247. The summed E-state index contributed by atoms with van der Waals surface area (Å²) in [4.78, 5) is 16.1. The maximum atomic E-state index is 12.1. The zero-order valence-electron chi connectivity index (χ0n) is 11.2. The second-order valence-electron chi connectivity index (χ2n) is 4.67. The minimum absolute atomic E-state index is 0.0612. The molecule has 0 bridgehead atoms. The lowest BCUT2D eigenvalue weighted by molar-refractivity contribution is 0.443. The molecule has 0 fully saturated rings. The van der Waals surface area contributed by atoms with Gasteiger partial charge in [0.25, 0.3) is 0 Å². The minimum atomic E-state index is -0.530. The summed E-state index contributed by atoms with van der Waals surface area (Å²) in [6.45, 7) is 0. The number of benzene rings is 1. The molecule has 0 saturated carbocycles. The summed E-state index contributed by atoms with van der Waals surface area (Å²) < 4.78 is 5.29. The first-order chi connectivity index (χ1) is 10.2. The van der Waals surface area contributed by atoms with Crippen molar-refractivity contribution >= 4 is 0 Å². The molecule has 0 radical (unpaired) electrons. The highest BCUT2D eigenvalue weighted by Gasteiger charge is 2.13. The third kappa shape index (κ3) is 2.84. The lowest BCUT2D eigenvalue weighted by Crippen LogP contribution is -2.08. The van der Waals surface area contributed by atoms with E-state index in [9.17, 15) is 9.90 Å². The predicted octanol–water partition coefficient (Wildman–Crippen LogP) is 3.00. The molecule has 4 nitrogen and oxygen atoms in total. The second kappa shape index (κ2) is 5.63. The van der Waals surface area contributed by atoms with Crippen LogP contribution < -0.4 is 5.63 Å². The Kier molecular flexibility index (Phi) is 3.51. The molecule has 0 spiro atoms. The smallest absolute Gasteiger partial charge is 0.343 e. The van der Waals surface area contributed by atoms with Crippen molar-refractivity contribution in [1.82, 2.24) is 4.98 Å². The molecule has 0 amide bonds. The lowest BCUT2D eigenvalue weighted by Gasteiger charge is -2.06. The number of hydrogen-bond donors (Lipinski definition) is 1. The van der Waals surface area contributed by atoms with Crippen LogP contribution in [0.5, 0.6) is 5.75 Å². The Bertz CT molecular complexity index is 795. The molecular weight excluding hydrogens is 266 g/mol. The summed E-state index contributed by atoms with van der Waals surface area (Å²) in [6.07, 6.45) is 3.54. The van der Waals surface area contributed by atoms with Gasteiger partial charge < -0.3 is 9.52 Å². The number of pyridine rings is 1. The van der Waals surface area contributed by atoms with Crippen molar-refractivity contribution in [1.29, 1.82) is 0 Å². The van der Waals surface area contributed by atoms with Gasteiger partial charge in [0.05, 0.1) is 5.56 Å². The normalized spacial score (nSPS) is 10.5. The van der Waals surface area contributed by atoms with Gasteiger partial charge in [0.1, 0.15) is 11.5 Å². The van der Waals surface area contributed by atoms with E-state index in [4.69, 9.17) is 4.42 Å². The summed E-state index contributed by atoms with van der Waals surface area (Å²) in [5.41, 5.74) is 1.32. The van der Waals surface area contributed by atoms with E-state index in [1.165, 1.54) is 6.07 Å². The van der Waals surface area contributed by atoms with Gasteiger partial charge >= 0.3 is 5.63 Å². The summed E-state index contributed by atoms with van der Waals surface area (Å²) in [7, 11) is 0. The number of rotatable bonds is 3. The first-order valence-electron chi connectivity index (χ1n) is 6.54. The van der Waals surface area contributed by atoms with E-state index < -0.39 is 5.63 Å². The molecule has 1 aromatic carbocycles. The third-order valence-electron chi connectivity index (χ3n) is 3.20. The van der Waals surface area contributed by atoms with E-state index in [1.54, 1.807) is 24.5 Å². The van der Waals surface area contributed by atoms with Crippen LogP contribution in [0.4, 0.5) is 0 Å². The van der Waals surface area contributed by atoms with Crippen LogP contribution in [0.3, 0.4) is 0 Å². The van der Waals surface area contributed by atoms with Crippen molar-refractivity contribution in [3.05, 3.63) is 82.5 Å². The standard InChI is InChI=1S/C17H13NO3/c19-15-10-16(13-7-4-8-18-11-13)21-17(20)14(15)9-12-5-2-1-3-6-12/h1-8,10-11,19H,9H2. The zero-order valence-corrected chi connectivity index (χ0v) is 11.2. The molecule has 0 atom stereocenters. The highest BCUT2D eigenvalue weighted by Crippen LogP contribution is 2.24. The molecule has 3 aromatic rings. The van der Waals surface area contributed by atoms with Gasteiger partial charge in [-0.25, -0.2) is 4.79 Å². The molecule has 3 rings (SSSR count). The van der Waals surface area contributed by atoms with Crippen molar-refractivity contribution in [3.8, 4) is 17.1 Å². The third-order valence-corrected chi connectivity index (χ3v) is 3.20. The second-order valence-corrected chi connectivity index (χ2v) is 4.67. The van der Waals surface area contributed by atoms with Crippen molar-refractivity contribution in [3.63, 3.8) is 0 Å². The number of hydrogen-bond acceptors (Lipinski definition) is 4. The summed E-state index contributed by atoms with van der Waals surface area (Å²) in [6, 6.07) is 14.4. The predicted molar refractivity (Wildman–Crippen MR) is 79.1 cm³/mol. The summed E-state index contributed by atoms with van der Waals surface area (Å²) in [5, 5.41) is 10.1. The Balaban J connectivity index is 1.99. The van der Waals surface area contributed by atoms with Crippen LogP contribution in [0.15, 0.2) is 70.1 Å². The number of nitrogens with zero attached hydrogens (tertiary/aromatic N) is 1. The number of aromatic hydroxyl groups is 1. The average molecular weight is 279 g/mol. The van der Waals surface area contributed by atoms with Gasteiger partial charge in [0.2, 0.25) is 0 Å². The van der Waals surface area contributed by atoms with Gasteiger partial charge in [-0.15, -0.1) is 0 Å². The molecule has 104 valence electrons. The van der Waals surface area contributed by atoms with Gasteiger partial charge in [-0.2, -0.15) is 0 Å². The van der Waals surface area contributed by atoms with Gasteiger partial charge in [0.15, 0.2) is 0 Å². The first-order valence-corrected chi connectivity index (χ1v) is 6.54. The van der Waals surface area contributed by atoms with Crippen molar-refractivity contribution in [2.24, 2.45) is 0 Å². The molecule has 2 heterocycles. The van der Waals surface area contributed by atoms with E-state index in [-0.39, 0.29) is 11.3 Å². The van der Waals surface area contributed by atoms with Crippen molar-refractivity contribution in [2.75, 3.05) is 0 Å². The molecule has 0 aliphatic heterocycles. The van der Waals surface area contributed by atoms with E-state index in [2.05, 4.69) is 4.98 Å². The Morgan fingerprint density at radius 3 is 2.57 bits per heavy atom. The van der Waals surface area contributed by atoms with Gasteiger partial charge in [0, 0.05) is 30.4 Å². The molecule has 0 saturated heterocycles. The molecule has 4 heteroatoms. The highest BCUT2D eigenvalue weighted by molar-refractivity contribution is 5.58. The fourth-order valence-corrected chi connectivity index (χ4v) is 2.12. The molecular formula is C17H13NO3. The monoisotopic (exact) mass is 279 g/mol. The van der Waals surface area contributed by atoms with Gasteiger partial charge in [-0.05, 0) is 17.7 Å². The van der Waals surface area contributed by atoms with Crippen LogP contribution in [0, 0.1) is 0 Å². The maximum absolute atomic E-state index is 12.1. The maximum Gasteiger partial charge on any atom is 0.343 e. The van der Waals surface area contributed by atoms with E-state index in [0.717, 1.165) is 5.56 Å². The van der Waals surface area contributed by atoms with Crippen LogP contribution in [0.25, 0.3) is 11.3 Å². The molecule has 2 aromatic heterocycles. The Morgan fingerprint density at radius 1 is 1.10 bits per heavy atom. The van der Waals surface area contributed by atoms with Gasteiger partial charge in [-0.1, -0.05) is 30.3 Å². The highest BCUT2D eigenvalue weighted by atomic mass is 16.4. The Labute approximate surface area is 121 Å². The molecule has 0 aliphatic carbocycles. The van der Waals surface area contributed by atoms with Crippen LogP contribution in [0.1, 0.15) is 11.1 Å². The molecule has 1 N–H and O–H groups in total. The fourth-order valence-electron chi connectivity index (χ4n) is 2.12. The van der Waals surface area contributed by atoms with Crippen LogP contribution in [-0.2, 0) is 6.42 Å². The van der Waals surface area contributed by atoms with E-state index in [1.807, 2.05) is 30.3 Å². The topological polar surface area (TPSA) is 63.3 Å². The van der Waals surface area contributed by atoms with Crippen LogP contribution in [0.2, 0.25) is 0 Å². The van der Waals surface area contributed by atoms with E-state index >= 15 is 0 Å².